The third-order valence-electron chi connectivity index (χ3n) is 11.1. The largest absolute Gasteiger partial charge is 0.378 e. The van der Waals surface area contributed by atoms with Crippen LogP contribution in [0.25, 0.3) is 39.0 Å². The van der Waals surface area contributed by atoms with E-state index in [1.165, 1.54) is 29.1 Å². The predicted molar refractivity (Wildman–Crippen MR) is 202 cm³/mol. The highest BCUT2D eigenvalue weighted by molar-refractivity contribution is 5.94. The number of benzene rings is 2. The maximum atomic E-state index is 15.2. The van der Waals surface area contributed by atoms with Crippen LogP contribution in [0.5, 0.6) is 0 Å². The number of hydrogen-bond acceptors (Lipinski definition) is 11. The van der Waals surface area contributed by atoms with Crippen LogP contribution in [0.2, 0.25) is 0 Å². The quantitative estimate of drug-likeness (QED) is 0.254. The van der Waals surface area contributed by atoms with Gasteiger partial charge >= 0.3 is 0 Å². The Balaban J connectivity index is 1.18. The van der Waals surface area contributed by atoms with Crippen LogP contribution in [-0.4, -0.2) is 103 Å². The van der Waals surface area contributed by atoms with Gasteiger partial charge in [-0.2, -0.15) is 20.3 Å². The smallest absolute Gasteiger partial charge is 0.245 e. The number of carbonyl (C=O) groups excluding carboxylic acids is 1. The number of nitrogens with one attached hydrogen (secondary N) is 1. The molecule has 1 amide bonds. The molecule has 14 nitrogen and oxygen atoms in total. The summed E-state index contributed by atoms with van der Waals surface area (Å²) in [6.07, 6.45) is 2.46. The average molecular weight is 763 g/mol. The van der Waals surface area contributed by atoms with E-state index < -0.39 is 29.6 Å². The maximum absolute atomic E-state index is 15.2. The summed E-state index contributed by atoms with van der Waals surface area (Å²) in [6, 6.07) is 12.7. The minimum Gasteiger partial charge on any atom is -0.378 e. The second-order valence-electron chi connectivity index (χ2n) is 14.6. The van der Waals surface area contributed by atoms with Crippen molar-refractivity contribution in [3.05, 3.63) is 78.0 Å². The molecule has 2 aromatic carbocycles. The number of methoxy groups -OCH3 is 1. The fourth-order valence-corrected chi connectivity index (χ4v) is 8.19. The SMILES string of the molecule is CO[C@H]1CN(C)C(=O)[C@@H]2C[C@@H](CN2c2nc(N3CC[C@H]3CC#N)nc3c2cnn3-c2ccc(F)cc2F)Nc2cccc(n2)-c2cc(F)cc3nc(C)n(c23)C1. The van der Waals surface area contributed by atoms with Gasteiger partial charge in [-0.1, -0.05) is 6.07 Å². The lowest BCUT2D eigenvalue weighted by molar-refractivity contribution is -0.132. The summed E-state index contributed by atoms with van der Waals surface area (Å²) in [7, 11) is 3.33. The van der Waals surface area contributed by atoms with Gasteiger partial charge in [0.1, 0.15) is 40.8 Å². The third kappa shape index (κ3) is 6.00. The van der Waals surface area contributed by atoms with E-state index >= 15 is 8.78 Å². The number of imidazole rings is 1. The van der Waals surface area contributed by atoms with Crippen molar-refractivity contribution < 1.29 is 22.7 Å². The first-order chi connectivity index (χ1) is 27.1. The standard InChI is InChI=1S/C39H37F3N12O2/c1-21-45-31-15-23(41)13-27-30-5-4-6-34(47-30)46-24-16-33(38(55)50(2)19-26(56-3)20-52(21)35(27)31)53(18-24)36-28-17-44-54(32-8-7-22(40)14-29(32)42)37(28)49-39(48-36)51-12-10-25(51)9-11-43/h4-8,13-15,17,24-26,33H,9-10,12,16,18-20H2,1-3H3,(H,46,47)/t24-,25+,26-,33-/m0/s1. The van der Waals surface area contributed by atoms with Crippen molar-refractivity contribution in [1.29, 1.82) is 5.26 Å². The summed E-state index contributed by atoms with van der Waals surface area (Å²) in [5.41, 5.74) is 2.60. The van der Waals surface area contributed by atoms with Crippen LogP contribution in [0, 0.1) is 35.7 Å². The van der Waals surface area contributed by atoms with Crippen LogP contribution in [0.4, 0.5) is 30.8 Å². The molecule has 0 unspecified atom stereocenters. The van der Waals surface area contributed by atoms with Gasteiger partial charge in [0.25, 0.3) is 0 Å². The molecule has 0 radical (unpaired) electrons. The zero-order valence-electron chi connectivity index (χ0n) is 30.8. The molecule has 4 atom stereocenters. The van der Waals surface area contributed by atoms with Gasteiger partial charge in [0.2, 0.25) is 11.9 Å². The first kappa shape index (κ1) is 35.4. The van der Waals surface area contributed by atoms with Crippen LogP contribution in [0.3, 0.4) is 0 Å². The van der Waals surface area contributed by atoms with Gasteiger partial charge in [-0.15, -0.1) is 0 Å². The van der Waals surface area contributed by atoms with E-state index in [0.717, 1.165) is 24.1 Å². The summed E-state index contributed by atoms with van der Waals surface area (Å²) in [4.78, 5) is 39.7. The van der Waals surface area contributed by atoms with Gasteiger partial charge in [-0.3, -0.25) is 4.79 Å². The first-order valence-electron chi connectivity index (χ1n) is 18.4. The minimum atomic E-state index is -0.823. The molecule has 0 spiro atoms. The van der Waals surface area contributed by atoms with Crippen molar-refractivity contribution in [2.24, 2.45) is 0 Å². The summed E-state index contributed by atoms with van der Waals surface area (Å²) in [5.74, 6) is -0.257. The van der Waals surface area contributed by atoms with Gasteiger partial charge in [-0.05, 0) is 50.1 Å². The number of rotatable bonds is 5. The zero-order chi connectivity index (χ0) is 38.8. The van der Waals surface area contributed by atoms with E-state index in [1.54, 1.807) is 19.1 Å². The molecular weight excluding hydrogens is 726 g/mol. The highest BCUT2D eigenvalue weighted by atomic mass is 19.1. The predicted octanol–water partition coefficient (Wildman–Crippen LogP) is 4.99. The highest BCUT2D eigenvalue weighted by Crippen LogP contribution is 2.37. The Morgan fingerprint density at radius 2 is 1.86 bits per heavy atom. The molecule has 3 aliphatic rings. The fourth-order valence-electron chi connectivity index (χ4n) is 8.19. The average Bonchev–Trinajstić information content (AvgIpc) is 3.87. The van der Waals surface area contributed by atoms with Crippen LogP contribution in [0.1, 0.15) is 25.1 Å². The number of likely N-dealkylation sites (N-methyl/N-ethyl adjacent to an activating group) is 1. The molecule has 9 rings (SSSR count). The van der Waals surface area contributed by atoms with Gasteiger partial charge < -0.3 is 29.3 Å². The summed E-state index contributed by atoms with van der Waals surface area (Å²) in [6.45, 7) is 3.32. The van der Waals surface area contributed by atoms with E-state index in [9.17, 15) is 14.4 Å². The molecule has 3 aliphatic heterocycles. The summed E-state index contributed by atoms with van der Waals surface area (Å²) < 4.78 is 53.6. The topological polar surface area (TPSA) is 146 Å². The molecule has 2 fully saturated rings. The number of amides is 1. The van der Waals surface area contributed by atoms with E-state index in [1.807, 2.05) is 39.5 Å². The Morgan fingerprint density at radius 3 is 2.62 bits per heavy atom. The van der Waals surface area contributed by atoms with Crippen molar-refractivity contribution in [3.8, 4) is 23.0 Å². The number of hydrogen-bond donors (Lipinski definition) is 1. The molecule has 56 heavy (non-hydrogen) atoms. The molecule has 2 saturated heterocycles. The number of ether oxygens (including phenoxy) is 1. The number of nitrogens with zero attached hydrogens (tertiary/aromatic N) is 11. The Labute approximate surface area is 319 Å². The van der Waals surface area contributed by atoms with E-state index in [-0.39, 0.29) is 42.3 Å². The fraction of sp³-hybridized carbons (Fsp3) is 0.359. The monoisotopic (exact) mass is 762 g/mol. The number of nitriles is 1. The Kier molecular flexibility index (Phi) is 8.72. The molecular formula is C39H37F3N12O2. The van der Waals surface area contributed by atoms with E-state index in [0.29, 0.717) is 71.6 Å². The van der Waals surface area contributed by atoms with Crippen molar-refractivity contribution in [2.75, 3.05) is 48.9 Å². The summed E-state index contributed by atoms with van der Waals surface area (Å²) in [5, 5.41) is 18.0. The van der Waals surface area contributed by atoms with Gasteiger partial charge in [0.05, 0.1) is 53.4 Å². The Hall–Kier alpha value is -6.28. The zero-order valence-corrected chi connectivity index (χ0v) is 30.8. The van der Waals surface area contributed by atoms with Gasteiger partial charge in [0.15, 0.2) is 11.5 Å². The lowest BCUT2D eigenvalue weighted by atomic mass is 10.0. The molecule has 1 N–H and O–H groups in total. The van der Waals surface area contributed by atoms with Crippen molar-refractivity contribution in [2.45, 2.75) is 57.0 Å². The number of carbonyl (C=O) groups is 1. The molecule has 0 aliphatic carbocycles. The second-order valence-corrected chi connectivity index (χ2v) is 14.6. The first-order valence-corrected chi connectivity index (χ1v) is 18.4. The van der Waals surface area contributed by atoms with E-state index in [4.69, 9.17) is 19.7 Å². The van der Waals surface area contributed by atoms with Crippen molar-refractivity contribution in [3.63, 3.8) is 0 Å². The molecule has 0 saturated carbocycles. The molecule has 4 bridgehead atoms. The Bertz CT molecular complexity index is 2570. The molecule has 4 aromatic heterocycles. The van der Waals surface area contributed by atoms with Gasteiger partial charge in [0, 0.05) is 63.6 Å². The number of aryl methyl sites for hydroxylation is 1. The number of pyridine rings is 1. The third-order valence-corrected chi connectivity index (χ3v) is 11.1. The lowest BCUT2D eigenvalue weighted by Crippen LogP contribution is -2.49. The number of anilines is 3. The van der Waals surface area contributed by atoms with Crippen LogP contribution in [0.15, 0.2) is 54.7 Å². The molecule has 7 heterocycles. The molecule has 6 aromatic rings. The molecule has 17 heteroatoms. The van der Waals surface area contributed by atoms with Crippen LogP contribution < -0.4 is 15.1 Å². The maximum Gasteiger partial charge on any atom is 0.245 e. The number of aromatic nitrogens is 7. The summed E-state index contributed by atoms with van der Waals surface area (Å²) >= 11 is 0. The molecule has 286 valence electrons. The van der Waals surface area contributed by atoms with Crippen molar-refractivity contribution in [1.82, 2.24) is 39.2 Å². The van der Waals surface area contributed by atoms with E-state index in [2.05, 4.69) is 21.5 Å². The van der Waals surface area contributed by atoms with Gasteiger partial charge in [-0.25, -0.2) is 27.8 Å². The number of fused-ring (bicyclic) bond motifs is 6. The van der Waals surface area contributed by atoms with Crippen LogP contribution in [-0.2, 0) is 16.1 Å². The number of halogens is 3. The van der Waals surface area contributed by atoms with Crippen molar-refractivity contribution >= 4 is 45.6 Å². The minimum absolute atomic E-state index is 0.00706. The lowest BCUT2D eigenvalue weighted by Gasteiger charge is -2.40. The second kappa shape index (κ2) is 13.8. The Morgan fingerprint density at radius 1 is 1.00 bits per heavy atom. The highest BCUT2D eigenvalue weighted by Gasteiger charge is 2.42. The normalized spacial score (nSPS) is 21.2. The van der Waals surface area contributed by atoms with Crippen LogP contribution >= 0.6 is 0 Å².